The molecule has 2 aromatic rings. The molecule has 28 heavy (non-hydrogen) atoms. The van der Waals surface area contributed by atoms with Crippen LogP contribution in [0.4, 0.5) is 14.5 Å². The summed E-state index contributed by atoms with van der Waals surface area (Å²) in [7, 11) is 1.71. The maximum absolute atomic E-state index is 14.0. The van der Waals surface area contributed by atoms with Crippen LogP contribution >= 0.6 is 11.3 Å². The summed E-state index contributed by atoms with van der Waals surface area (Å²) in [4.78, 5) is 10.7. The zero-order valence-corrected chi connectivity index (χ0v) is 17.5. The van der Waals surface area contributed by atoms with Gasteiger partial charge in [0.05, 0.1) is 12.2 Å². The zero-order chi connectivity index (χ0) is 20.3. The highest BCUT2D eigenvalue weighted by Gasteiger charge is 2.27. The second kappa shape index (κ2) is 8.43. The smallest absolute Gasteiger partial charge is 0.191 e. The molecule has 0 aliphatic carbocycles. The standard InChI is InChI=1S/C20H27F2N5S/c1-20(2,3)16-12-28-17(26-16)10-24-19(23-4)25-13-8-9-27(11-13)18-14(21)6-5-7-15(18)22/h5-7,12-13H,8-11H2,1-4H3,(H2,23,24,25). The van der Waals surface area contributed by atoms with Gasteiger partial charge in [0.1, 0.15) is 22.3 Å². The molecule has 2 N–H and O–H groups in total. The lowest BCUT2D eigenvalue weighted by Crippen LogP contribution is -2.44. The van der Waals surface area contributed by atoms with Crippen LogP contribution in [0, 0.1) is 11.6 Å². The molecule has 1 saturated heterocycles. The molecule has 1 aromatic heterocycles. The lowest BCUT2D eigenvalue weighted by molar-refractivity contribution is 0.570. The summed E-state index contributed by atoms with van der Waals surface area (Å²) < 4.78 is 28.0. The summed E-state index contributed by atoms with van der Waals surface area (Å²) in [6, 6.07) is 4.03. The van der Waals surface area contributed by atoms with Gasteiger partial charge >= 0.3 is 0 Å². The molecular formula is C20H27F2N5S. The van der Waals surface area contributed by atoms with Crippen LogP contribution in [0.2, 0.25) is 0 Å². The van der Waals surface area contributed by atoms with Gasteiger partial charge in [-0.1, -0.05) is 26.8 Å². The lowest BCUT2D eigenvalue weighted by Gasteiger charge is -2.21. The van der Waals surface area contributed by atoms with Crippen LogP contribution in [0.15, 0.2) is 28.6 Å². The Hall–Kier alpha value is -2.22. The predicted octanol–water partition coefficient (Wildman–Crippen LogP) is 3.66. The van der Waals surface area contributed by atoms with E-state index in [9.17, 15) is 8.78 Å². The van der Waals surface area contributed by atoms with E-state index < -0.39 is 11.6 Å². The first-order chi connectivity index (χ1) is 13.3. The van der Waals surface area contributed by atoms with Crippen molar-refractivity contribution in [3.63, 3.8) is 0 Å². The van der Waals surface area contributed by atoms with Crippen LogP contribution in [-0.4, -0.2) is 37.1 Å². The van der Waals surface area contributed by atoms with Crippen LogP contribution in [0.3, 0.4) is 0 Å². The van der Waals surface area contributed by atoms with Crippen LogP contribution < -0.4 is 15.5 Å². The second-order valence-electron chi connectivity index (χ2n) is 7.95. The lowest BCUT2D eigenvalue weighted by atomic mass is 9.93. The van der Waals surface area contributed by atoms with Crippen LogP contribution in [-0.2, 0) is 12.0 Å². The first kappa shape index (κ1) is 20.5. The van der Waals surface area contributed by atoms with E-state index in [1.54, 1.807) is 23.3 Å². The van der Waals surface area contributed by atoms with E-state index in [-0.39, 0.29) is 17.1 Å². The topological polar surface area (TPSA) is 52.6 Å². The van der Waals surface area contributed by atoms with E-state index in [0.717, 1.165) is 17.1 Å². The number of benzene rings is 1. The molecule has 0 saturated carbocycles. The Morgan fingerprint density at radius 1 is 1.32 bits per heavy atom. The molecule has 8 heteroatoms. The number of hydrogen-bond acceptors (Lipinski definition) is 4. The molecule has 0 bridgehead atoms. The van der Waals surface area contributed by atoms with Crippen LogP contribution in [0.1, 0.15) is 37.9 Å². The fraction of sp³-hybridized carbons (Fsp3) is 0.500. The monoisotopic (exact) mass is 407 g/mol. The summed E-state index contributed by atoms with van der Waals surface area (Å²) >= 11 is 1.62. The molecule has 2 heterocycles. The minimum Gasteiger partial charge on any atom is -0.365 e. The summed E-state index contributed by atoms with van der Waals surface area (Å²) in [5.41, 5.74) is 1.16. The fourth-order valence-electron chi connectivity index (χ4n) is 3.16. The number of rotatable bonds is 4. The number of halogens is 2. The van der Waals surface area contributed by atoms with Gasteiger partial charge in [-0.15, -0.1) is 11.3 Å². The first-order valence-corrected chi connectivity index (χ1v) is 10.3. The van der Waals surface area contributed by atoms with E-state index in [1.165, 1.54) is 18.2 Å². The van der Waals surface area contributed by atoms with Gasteiger partial charge in [-0.2, -0.15) is 0 Å². The quantitative estimate of drug-likeness (QED) is 0.600. The van der Waals surface area contributed by atoms with E-state index in [0.29, 0.717) is 25.6 Å². The number of hydrogen-bond donors (Lipinski definition) is 2. The van der Waals surface area contributed by atoms with E-state index >= 15 is 0 Å². The maximum Gasteiger partial charge on any atom is 0.191 e. The molecule has 1 fully saturated rings. The van der Waals surface area contributed by atoms with Gasteiger partial charge in [0.25, 0.3) is 0 Å². The number of nitrogens with one attached hydrogen (secondary N) is 2. The molecule has 1 atom stereocenters. The normalized spacial score (nSPS) is 17.9. The number of aliphatic imine (C=N–C) groups is 1. The summed E-state index contributed by atoms with van der Waals surface area (Å²) in [6.07, 6.45) is 0.778. The molecular weight excluding hydrogens is 380 g/mol. The molecule has 1 aromatic carbocycles. The van der Waals surface area contributed by atoms with Crippen molar-refractivity contribution in [2.75, 3.05) is 25.0 Å². The van der Waals surface area contributed by atoms with Crippen LogP contribution in [0.25, 0.3) is 0 Å². The Bertz CT molecular complexity index is 823. The minimum atomic E-state index is -0.526. The Labute approximate surface area is 168 Å². The average molecular weight is 408 g/mol. The molecule has 0 amide bonds. The third kappa shape index (κ3) is 4.79. The van der Waals surface area contributed by atoms with Crippen molar-refractivity contribution in [3.8, 4) is 0 Å². The van der Waals surface area contributed by atoms with Crippen molar-refractivity contribution in [1.29, 1.82) is 0 Å². The number of para-hydroxylation sites is 1. The first-order valence-electron chi connectivity index (χ1n) is 9.39. The van der Waals surface area contributed by atoms with Crippen molar-refractivity contribution in [1.82, 2.24) is 15.6 Å². The van der Waals surface area contributed by atoms with Crippen LogP contribution in [0.5, 0.6) is 0 Å². The largest absolute Gasteiger partial charge is 0.365 e. The average Bonchev–Trinajstić information content (AvgIpc) is 3.28. The van der Waals surface area contributed by atoms with Crippen molar-refractivity contribution in [3.05, 3.63) is 45.9 Å². The summed E-state index contributed by atoms with van der Waals surface area (Å²) in [6.45, 7) is 8.12. The Morgan fingerprint density at radius 3 is 2.64 bits per heavy atom. The molecule has 0 radical (unpaired) electrons. The SMILES string of the molecule is CN=C(NCc1nc(C(C)(C)C)cs1)NC1CCN(c2c(F)cccc2F)C1. The van der Waals surface area contributed by atoms with Gasteiger partial charge in [0.2, 0.25) is 0 Å². The number of anilines is 1. The highest BCUT2D eigenvalue weighted by molar-refractivity contribution is 7.09. The van der Waals surface area contributed by atoms with E-state index in [4.69, 9.17) is 0 Å². The fourth-order valence-corrected chi connectivity index (χ4v) is 4.12. The van der Waals surface area contributed by atoms with E-state index in [1.807, 2.05) is 0 Å². The van der Waals surface area contributed by atoms with Gasteiger partial charge in [-0.25, -0.2) is 13.8 Å². The molecule has 3 rings (SSSR count). The predicted molar refractivity (Wildman–Crippen MR) is 111 cm³/mol. The minimum absolute atomic E-state index is 0.0317. The van der Waals surface area contributed by atoms with Crippen molar-refractivity contribution >= 4 is 23.0 Å². The highest BCUT2D eigenvalue weighted by Crippen LogP contribution is 2.27. The third-order valence-electron chi connectivity index (χ3n) is 4.73. The van der Waals surface area contributed by atoms with Crippen molar-refractivity contribution < 1.29 is 8.78 Å². The van der Waals surface area contributed by atoms with Gasteiger partial charge in [0, 0.05) is 37.0 Å². The van der Waals surface area contributed by atoms with Gasteiger partial charge in [0.15, 0.2) is 5.96 Å². The highest BCUT2D eigenvalue weighted by atomic mass is 32.1. The van der Waals surface area contributed by atoms with Gasteiger partial charge in [-0.3, -0.25) is 4.99 Å². The summed E-state index contributed by atoms with van der Waals surface area (Å²) in [5.74, 6) is -0.392. The molecule has 5 nitrogen and oxygen atoms in total. The Morgan fingerprint density at radius 2 is 2.04 bits per heavy atom. The Kier molecular flexibility index (Phi) is 6.17. The van der Waals surface area contributed by atoms with Crippen molar-refractivity contribution in [2.45, 2.75) is 45.2 Å². The number of thiazole rings is 1. The summed E-state index contributed by atoms with van der Waals surface area (Å²) in [5, 5.41) is 9.70. The molecule has 0 spiro atoms. The van der Waals surface area contributed by atoms with Crippen molar-refractivity contribution in [2.24, 2.45) is 4.99 Å². The van der Waals surface area contributed by atoms with E-state index in [2.05, 4.69) is 46.8 Å². The Balaban J connectivity index is 1.55. The van der Waals surface area contributed by atoms with Gasteiger partial charge < -0.3 is 15.5 Å². The zero-order valence-electron chi connectivity index (χ0n) is 16.7. The molecule has 1 aliphatic heterocycles. The number of aromatic nitrogens is 1. The number of nitrogens with zero attached hydrogens (tertiary/aromatic N) is 3. The molecule has 152 valence electrons. The number of guanidine groups is 1. The second-order valence-corrected chi connectivity index (χ2v) is 8.89. The molecule has 1 unspecified atom stereocenters. The third-order valence-corrected chi connectivity index (χ3v) is 5.58. The molecule has 1 aliphatic rings. The van der Waals surface area contributed by atoms with Gasteiger partial charge in [-0.05, 0) is 18.6 Å². The maximum atomic E-state index is 14.0.